The Morgan fingerprint density at radius 2 is 1.36 bits per heavy atom. The van der Waals surface area contributed by atoms with Crippen molar-refractivity contribution in [1.29, 1.82) is 0 Å². The van der Waals surface area contributed by atoms with Gasteiger partial charge in [-0.2, -0.15) is 0 Å². The summed E-state index contributed by atoms with van der Waals surface area (Å²) >= 11 is 0. The van der Waals surface area contributed by atoms with Crippen LogP contribution in [0.3, 0.4) is 0 Å². The minimum atomic E-state index is 0. The maximum Gasteiger partial charge on any atom is -0.0354 e. The van der Waals surface area contributed by atoms with Crippen molar-refractivity contribution in [1.82, 2.24) is 0 Å². The molecule has 2 N–H and O–H groups in total. The van der Waals surface area contributed by atoms with E-state index in [4.69, 9.17) is 0 Å². The van der Waals surface area contributed by atoms with E-state index in [0.717, 1.165) is 5.92 Å². The summed E-state index contributed by atoms with van der Waals surface area (Å²) in [4.78, 5) is 0. The van der Waals surface area contributed by atoms with Crippen molar-refractivity contribution in [2.45, 2.75) is 52.9 Å². The summed E-state index contributed by atoms with van der Waals surface area (Å²) in [5.74, 6) is 1.00. The van der Waals surface area contributed by atoms with Gasteiger partial charge < -0.3 is 5.48 Å². The van der Waals surface area contributed by atoms with Crippen molar-refractivity contribution in [3.05, 3.63) is 0 Å². The molecule has 0 amide bonds. The largest absolute Gasteiger partial charge is 0.412 e. The molecule has 0 atom stereocenters. The van der Waals surface area contributed by atoms with Gasteiger partial charge in [-0.3, -0.25) is 0 Å². The van der Waals surface area contributed by atoms with Crippen LogP contribution in [-0.2, 0) is 0 Å². The Morgan fingerprint density at radius 1 is 0.909 bits per heavy atom. The van der Waals surface area contributed by atoms with E-state index in [9.17, 15) is 0 Å². The maximum atomic E-state index is 2.38. The van der Waals surface area contributed by atoms with E-state index in [-0.39, 0.29) is 5.48 Å². The minimum absolute atomic E-state index is 0. The lowest BCUT2D eigenvalue weighted by molar-refractivity contribution is 0.180. The predicted octanol–water partition coefficient (Wildman–Crippen LogP) is 2.79. The Hall–Kier alpha value is -0.0400. The molecule has 0 heterocycles. The number of hydrogen-bond acceptors (Lipinski definition) is 0. The summed E-state index contributed by atoms with van der Waals surface area (Å²) in [6.45, 7) is 7.13. The highest BCUT2D eigenvalue weighted by Gasteiger charge is 2.25. The van der Waals surface area contributed by atoms with Crippen LogP contribution in [0.1, 0.15) is 52.9 Å². The van der Waals surface area contributed by atoms with Crippen LogP contribution in [0.15, 0.2) is 0 Å². The fourth-order valence-corrected chi connectivity index (χ4v) is 1.97. The molecule has 1 rings (SSSR count). The lowest BCUT2D eigenvalue weighted by Crippen LogP contribution is -2.22. The van der Waals surface area contributed by atoms with Crippen LogP contribution >= 0.6 is 0 Å². The molecule has 1 aliphatic carbocycles. The maximum absolute atomic E-state index is 2.38. The van der Waals surface area contributed by atoms with Crippen LogP contribution in [0.25, 0.3) is 0 Å². The van der Waals surface area contributed by atoms with Crippen LogP contribution in [0.4, 0.5) is 0 Å². The molecule has 0 saturated heterocycles. The Kier molecular flexibility index (Phi) is 4.09. The normalized spacial score (nSPS) is 21.0. The zero-order valence-corrected chi connectivity index (χ0v) is 8.11. The first-order valence-corrected chi connectivity index (χ1v) is 4.61. The topological polar surface area (TPSA) is 31.5 Å². The summed E-state index contributed by atoms with van der Waals surface area (Å²) in [7, 11) is 0. The third-order valence-electron chi connectivity index (χ3n) is 2.83. The molecule has 0 aromatic rings. The van der Waals surface area contributed by atoms with Crippen LogP contribution in [0, 0.1) is 11.3 Å². The van der Waals surface area contributed by atoms with Gasteiger partial charge in [-0.15, -0.1) is 0 Å². The molecule has 1 aliphatic rings. The van der Waals surface area contributed by atoms with Gasteiger partial charge in [-0.05, 0) is 24.2 Å². The second kappa shape index (κ2) is 4.10. The molecule has 0 aliphatic heterocycles. The van der Waals surface area contributed by atoms with Gasteiger partial charge in [0.2, 0.25) is 0 Å². The van der Waals surface area contributed by atoms with Gasteiger partial charge >= 0.3 is 0 Å². The molecule has 0 unspecified atom stereocenters. The highest BCUT2D eigenvalue weighted by atomic mass is 16.0. The van der Waals surface area contributed by atoms with Gasteiger partial charge in [0.15, 0.2) is 0 Å². The highest BCUT2D eigenvalue weighted by molar-refractivity contribution is 4.76. The van der Waals surface area contributed by atoms with E-state index in [2.05, 4.69) is 20.8 Å². The summed E-state index contributed by atoms with van der Waals surface area (Å²) < 4.78 is 0. The van der Waals surface area contributed by atoms with E-state index in [1.165, 1.54) is 32.1 Å². The molecule has 1 saturated carbocycles. The van der Waals surface area contributed by atoms with Crippen molar-refractivity contribution in [2.24, 2.45) is 11.3 Å². The molecule has 1 nitrogen and oxygen atoms in total. The Bertz CT molecular complexity index is 95.9. The van der Waals surface area contributed by atoms with E-state index >= 15 is 0 Å². The van der Waals surface area contributed by atoms with E-state index in [1.807, 2.05) is 0 Å². The Balaban J connectivity index is 0.000001000. The first kappa shape index (κ1) is 11.0. The van der Waals surface area contributed by atoms with Crippen molar-refractivity contribution >= 4 is 0 Å². The molecule has 0 aromatic carbocycles. The zero-order valence-electron chi connectivity index (χ0n) is 8.11. The van der Waals surface area contributed by atoms with Crippen molar-refractivity contribution in [3.8, 4) is 0 Å². The van der Waals surface area contributed by atoms with Gasteiger partial charge in [-0.25, -0.2) is 0 Å². The summed E-state index contributed by atoms with van der Waals surface area (Å²) in [5, 5.41) is 0. The quantitative estimate of drug-likeness (QED) is 0.519. The average Bonchev–Trinajstić information content (AvgIpc) is 1.88. The third-order valence-corrected chi connectivity index (χ3v) is 2.83. The average molecular weight is 158 g/mol. The van der Waals surface area contributed by atoms with Gasteiger partial charge in [0.25, 0.3) is 0 Å². The first-order valence-electron chi connectivity index (χ1n) is 4.61. The molecular formula is C10H22O. The minimum Gasteiger partial charge on any atom is -0.412 e. The molecule has 0 radical (unpaired) electrons. The molecular weight excluding hydrogens is 136 g/mol. The molecule has 0 aromatic heterocycles. The van der Waals surface area contributed by atoms with Crippen molar-refractivity contribution in [2.75, 3.05) is 0 Å². The van der Waals surface area contributed by atoms with Crippen molar-refractivity contribution < 1.29 is 5.48 Å². The van der Waals surface area contributed by atoms with Crippen LogP contribution < -0.4 is 0 Å². The summed E-state index contributed by atoms with van der Waals surface area (Å²) in [6, 6.07) is 0. The van der Waals surface area contributed by atoms with E-state index < -0.39 is 0 Å². The Labute approximate surface area is 70.5 Å². The first-order chi connectivity index (χ1) is 4.61. The second-order valence-corrected chi connectivity index (χ2v) is 4.70. The van der Waals surface area contributed by atoms with E-state index in [0.29, 0.717) is 5.41 Å². The number of rotatable bonds is 0. The van der Waals surface area contributed by atoms with Crippen LogP contribution in [0.2, 0.25) is 0 Å². The van der Waals surface area contributed by atoms with Crippen LogP contribution in [0.5, 0.6) is 0 Å². The molecule has 11 heavy (non-hydrogen) atoms. The zero-order chi connectivity index (χ0) is 7.61. The number of hydrogen-bond donors (Lipinski definition) is 0. The van der Waals surface area contributed by atoms with Gasteiger partial charge in [0.05, 0.1) is 0 Å². The molecule has 1 fully saturated rings. The van der Waals surface area contributed by atoms with E-state index in [1.54, 1.807) is 0 Å². The van der Waals surface area contributed by atoms with Gasteiger partial charge in [0.1, 0.15) is 0 Å². The molecule has 68 valence electrons. The lowest BCUT2D eigenvalue weighted by atomic mass is 9.72. The SMILES string of the molecule is CC(C)(C)C1CCCCC1.O. The second-order valence-electron chi connectivity index (χ2n) is 4.70. The molecule has 1 heteroatoms. The molecule has 0 bridgehead atoms. The van der Waals surface area contributed by atoms with Crippen LogP contribution in [-0.4, -0.2) is 5.48 Å². The predicted molar refractivity (Wildman–Crippen MR) is 49.6 cm³/mol. The smallest absolute Gasteiger partial charge is 0.0354 e. The fourth-order valence-electron chi connectivity index (χ4n) is 1.97. The highest BCUT2D eigenvalue weighted by Crippen LogP contribution is 2.37. The Morgan fingerprint density at radius 3 is 1.64 bits per heavy atom. The lowest BCUT2D eigenvalue weighted by Gasteiger charge is -2.33. The van der Waals surface area contributed by atoms with Crippen molar-refractivity contribution in [3.63, 3.8) is 0 Å². The standard InChI is InChI=1S/C10H20.H2O/c1-10(2,3)9-7-5-4-6-8-9;/h9H,4-8H2,1-3H3;1H2. The van der Waals surface area contributed by atoms with Gasteiger partial charge in [-0.1, -0.05) is 40.0 Å². The monoisotopic (exact) mass is 158 g/mol. The summed E-state index contributed by atoms with van der Waals surface area (Å²) in [6.07, 6.45) is 7.38. The third kappa shape index (κ3) is 3.24. The molecule has 0 spiro atoms. The fraction of sp³-hybridized carbons (Fsp3) is 1.00. The summed E-state index contributed by atoms with van der Waals surface area (Å²) in [5.41, 5.74) is 0.570. The van der Waals surface area contributed by atoms with Gasteiger partial charge in [0, 0.05) is 0 Å².